The van der Waals surface area contributed by atoms with E-state index in [1.54, 1.807) is 12.1 Å². The fourth-order valence-electron chi connectivity index (χ4n) is 2.11. The number of pyridine rings is 1. The highest BCUT2D eigenvalue weighted by molar-refractivity contribution is 9.10. The summed E-state index contributed by atoms with van der Waals surface area (Å²) in [7, 11) is 0. The Morgan fingerprint density at radius 1 is 1.14 bits per heavy atom. The molecule has 0 radical (unpaired) electrons. The highest BCUT2D eigenvalue weighted by Gasteiger charge is 2.10. The summed E-state index contributed by atoms with van der Waals surface area (Å²) in [4.78, 5) is 16.4. The molecule has 0 atom stereocenters. The third-order valence-electron chi connectivity index (χ3n) is 3.09. The molecule has 1 heterocycles. The molecule has 3 nitrogen and oxygen atoms in total. The molecule has 1 amide bonds. The molecule has 2 aromatic carbocycles. The summed E-state index contributed by atoms with van der Waals surface area (Å²) in [6.45, 7) is 0. The fourth-order valence-corrected chi connectivity index (χ4v) is 2.56. The van der Waals surface area contributed by atoms with Gasteiger partial charge < -0.3 is 5.32 Å². The highest BCUT2D eigenvalue weighted by atomic mass is 79.9. The summed E-state index contributed by atoms with van der Waals surface area (Å²) >= 11 is 9.13. The van der Waals surface area contributed by atoms with Crippen molar-refractivity contribution in [2.45, 2.75) is 0 Å². The van der Waals surface area contributed by atoms with Crippen molar-refractivity contribution in [2.75, 3.05) is 5.32 Å². The van der Waals surface area contributed by atoms with Gasteiger partial charge in [0.1, 0.15) is 5.15 Å². The molecule has 0 aliphatic heterocycles. The Labute approximate surface area is 135 Å². The highest BCUT2D eigenvalue weighted by Crippen LogP contribution is 2.24. The predicted octanol–water partition coefficient (Wildman–Crippen LogP) is 4.90. The molecule has 3 rings (SSSR count). The van der Waals surface area contributed by atoms with Gasteiger partial charge in [-0.15, -0.1) is 0 Å². The van der Waals surface area contributed by atoms with E-state index in [0.717, 1.165) is 10.8 Å². The van der Waals surface area contributed by atoms with Gasteiger partial charge in [0.2, 0.25) is 0 Å². The minimum atomic E-state index is -0.178. The molecule has 0 saturated carbocycles. The maximum atomic E-state index is 12.4. The lowest BCUT2D eigenvalue weighted by Gasteiger charge is -2.08. The second kappa shape index (κ2) is 5.84. The number of carbonyl (C=O) groups is 1. The number of hydrogen-bond donors (Lipinski definition) is 1. The topological polar surface area (TPSA) is 42.0 Å². The molecule has 0 fully saturated rings. The van der Waals surface area contributed by atoms with E-state index in [2.05, 4.69) is 26.2 Å². The largest absolute Gasteiger partial charge is 0.321 e. The monoisotopic (exact) mass is 360 g/mol. The van der Waals surface area contributed by atoms with Crippen molar-refractivity contribution in [2.24, 2.45) is 0 Å². The Morgan fingerprint density at radius 2 is 1.90 bits per heavy atom. The quantitative estimate of drug-likeness (QED) is 0.659. The molecule has 1 N–H and O–H groups in total. The number of hydrogen-bond acceptors (Lipinski definition) is 2. The van der Waals surface area contributed by atoms with E-state index in [1.165, 1.54) is 6.20 Å². The van der Waals surface area contributed by atoms with E-state index in [1.807, 2.05) is 36.4 Å². The number of halogens is 2. The van der Waals surface area contributed by atoms with Crippen molar-refractivity contribution < 1.29 is 4.79 Å². The molecule has 5 heteroatoms. The maximum absolute atomic E-state index is 12.4. The van der Waals surface area contributed by atoms with Gasteiger partial charge in [-0.2, -0.15) is 0 Å². The number of benzene rings is 2. The van der Waals surface area contributed by atoms with Crippen molar-refractivity contribution in [3.63, 3.8) is 0 Å². The minimum Gasteiger partial charge on any atom is -0.321 e. The first-order valence-corrected chi connectivity index (χ1v) is 7.42. The summed E-state index contributed by atoms with van der Waals surface area (Å²) in [5, 5.41) is 5.13. The lowest BCUT2D eigenvalue weighted by molar-refractivity contribution is 0.102. The SMILES string of the molecule is O=C(Nc1cnc(Cl)c(Br)c1)c1cccc2ccccc12. The zero-order valence-electron chi connectivity index (χ0n) is 10.8. The second-order valence-electron chi connectivity index (χ2n) is 4.48. The summed E-state index contributed by atoms with van der Waals surface area (Å²) in [5.74, 6) is -0.178. The van der Waals surface area contributed by atoms with Crippen LogP contribution in [0.15, 0.2) is 59.2 Å². The van der Waals surface area contributed by atoms with Gasteiger partial charge in [-0.05, 0) is 38.8 Å². The van der Waals surface area contributed by atoms with Gasteiger partial charge in [-0.1, -0.05) is 48.0 Å². The molecular formula is C16H10BrClN2O. The van der Waals surface area contributed by atoms with Crippen LogP contribution in [0, 0.1) is 0 Å². The van der Waals surface area contributed by atoms with Gasteiger partial charge in [-0.25, -0.2) is 4.98 Å². The number of fused-ring (bicyclic) bond motifs is 1. The Balaban J connectivity index is 1.95. The van der Waals surface area contributed by atoms with E-state index in [9.17, 15) is 4.79 Å². The molecule has 0 aliphatic rings. The molecular weight excluding hydrogens is 352 g/mol. The number of nitrogens with one attached hydrogen (secondary N) is 1. The minimum absolute atomic E-state index is 0.178. The van der Waals surface area contributed by atoms with Gasteiger partial charge in [0.05, 0.1) is 16.4 Å². The first-order valence-electron chi connectivity index (χ1n) is 6.25. The second-order valence-corrected chi connectivity index (χ2v) is 5.69. The van der Waals surface area contributed by atoms with Crippen LogP contribution in [-0.2, 0) is 0 Å². The first kappa shape index (κ1) is 14.0. The third-order valence-corrected chi connectivity index (χ3v) is 4.22. The number of carbonyl (C=O) groups excluding carboxylic acids is 1. The van der Waals surface area contributed by atoms with E-state index < -0.39 is 0 Å². The van der Waals surface area contributed by atoms with Crippen molar-refractivity contribution in [3.05, 3.63) is 69.9 Å². The van der Waals surface area contributed by atoms with Crippen molar-refractivity contribution in [1.29, 1.82) is 0 Å². The molecule has 21 heavy (non-hydrogen) atoms. The lowest BCUT2D eigenvalue weighted by atomic mass is 10.0. The Morgan fingerprint density at radius 3 is 2.71 bits per heavy atom. The molecule has 1 aromatic heterocycles. The van der Waals surface area contributed by atoms with Gasteiger partial charge in [0, 0.05) is 5.56 Å². The Bertz CT molecular complexity index is 830. The van der Waals surface area contributed by atoms with E-state index >= 15 is 0 Å². The van der Waals surface area contributed by atoms with Crippen molar-refractivity contribution >= 4 is 49.9 Å². The number of aromatic nitrogens is 1. The normalized spacial score (nSPS) is 10.6. The maximum Gasteiger partial charge on any atom is 0.256 e. The molecule has 0 saturated heterocycles. The van der Waals surface area contributed by atoms with Crippen LogP contribution in [0.2, 0.25) is 5.15 Å². The van der Waals surface area contributed by atoms with E-state index in [-0.39, 0.29) is 5.91 Å². The lowest BCUT2D eigenvalue weighted by Crippen LogP contribution is -2.12. The molecule has 0 spiro atoms. The number of nitrogens with zero attached hydrogens (tertiary/aromatic N) is 1. The van der Waals surface area contributed by atoms with Crippen LogP contribution in [0.3, 0.4) is 0 Å². The fraction of sp³-hybridized carbons (Fsp3) is 0. The standard InChI is InChI=1S/C16H10BrClN2O/c17-14-8-11(9-19-15(14)18)20-16(21)13-7-3-5-10-4-1-2-6-12(10)13/h1-9H,(H,20,21). The van der Waals surface area contributed by atoms with Gasteiger partial charge >= 0.3 is 0 Å². The molecule has 104 valence electrons. The number of amides is 1. The zero-order chi connectivity index (χ0) is 14.8. The van der Waals surface area contributed by atoms with Crippen LogP contribution < -0.4 is 5.32 Å². The summed E-state index contributed by atoms with van der Waals surface area (Å²) in [6, 6.07) is 15.1. The summed E-state index contributed by atoms with van der Waals surface area (Å²) in [5.41, 5.74) is 1.21. The zero-order valence-corrected chi connectivity index (χ0v) is 13.1. The summed E-state index contributed by atoms with van der Waals surface area (Å²) < 4.78 is 0.639. The first-order chi connectivity index (χ1) is 10.1. The third kappa shape index (κ3) is 2.91. The van der Waals surface area contributed by atoms with E-state index in [4.69, 9.17) is 11.6 Å². The molecule has 0 unspecified atom stereocenters. The predicted molar refractivity (Wildman–Crippen MR) is 88.8 cm³/mol. The van der Waals surface area contributed by atoms with Crippen LogP contribution in [0.5, 0.6) is 0 Å². The summed E-state index contributed by atoms with van der Waals surface area (Å²) in [6.07, 6.45) is 1.52. The smallest absolute Gasteiger partial charge is 0.256 e. The van der Waals surface area contributed by atoms with Crippen LogP contribution in [-0.4, -0.2) is 10.9 Å². The average Bonchev–Trinajstić information content (AvgIpc) is 2.50. The van der Waals surface area contributed by atoms with Crippen LogP contribution in [0.1, 0.15) is 10.4 Å². The molecule has 0 aliphatic carbocycles. The Kier molecular flexibility index (Phi) is 3.90. The molecule has 0 bridgehead atoms. The van der Waals surface area contributed by atoms with Crippen LogP contribution in [0.4, 0.5) is 5.69 Å². The van der Waals surface area contributed by atoms with Gasteiger partial charge in [-0.3, -0.25) is 4.79 Å². The van der Waals surface area contributed by atoms with Crippen LogP contribution in [0.25, 0.3) is 10.8 Å². The van der Waals surface area contributed by atoms with Crippen molar-refractivity contribution in [1.82, 2.24) is 4.98 Å². The molecule has 3 aromatic rings. The number of anilines is 1. The van der Waals surface area contributed by atoms with Crippen LogP contribution >= 0.6 is 27.5 Å². The van der Waals surface area contributed by atoms with Gasteiger partial charge in [0.25, 0.3) is 5.91 Å². The Hall–Kier alpha value is -1.91. The average molecular weight is 362 g/mol. The van der Waals surface area contributed by atoms with Gasteiger partial charge in [0.15, 0.2) is 0 Å². The van der Waals surface area contributed by atoms with Crippen molar-refractivity contribution in [3.8, 4) is 0 Å². The number of rotatable bonds is 2. The van der Waals surface area contributed by atoms with E-state index in [0.29, 0.717) is 20.9 Å².